The van der Waals surface area contributed by atoms with Gasteiger partial charge >= 0.3 is 6.09 Å². The van der Waals surface area contributed by atoms with E-state index in [2.05, 4.69) is 10.6 Å². The van der Waals surface area contributed by atoms with E-state index < -0.39 is 23.8 Å². The summed E-state index contributed by atoms with van der Waals surface area (Å²) in [4.78, 5) is 23.5. The smallest absolute Gasteiger partial charge is 0.408 e. The second-order valence-electron chi connectivity index (χ2n) is 6.04. The highest BCUT2D eigenvalue weighted by molar-refractivity contribution is 5.85. The molecule has 1 rings (SSSR count). The molecule has 0 aliphatic rings. The van der Waals surface area contributed by atoms with Crippen LogP contribution < -0.4 is 10.6 Å². The Morgan fingerprint density at radius 2 is 1.82 bits per heavy atom. The van der Waals surface area contributed by atoms with Gasteiger partial charge in [-0.15, -0.1) is 0 Å². The molecule has 0 saturated carbocycles. The number of rotatable bonds is 5. The van der Waals surface area contributed by atoms with Crippen LogP contribution in [0.15, 0.2) is 30.3 Å². The Kier molecular flexibility index (Phi) is 6.37. The minimum Gasteiger partial charge on any atom is -0.444 e. The largest absolute Gasteiger partial charge is 0.444 e. The number of nitrogens with one attached hydrogen (secondary N) is 2. The van der Waals surface area contributed by atoms with Gasteiger partial charge in [0.25, 0.3) is 0 Å². The molecule has 0 radical (unpaired) electrons. The lowest BCUT2D eigenvalue weighted by molar-refractivity contribution is -0.123. The first kappa shape index (κ1) is 18.0. The molecule has 22 heavy (non-hydrogen) atoms. The van der Waals surface area contributed by atoms with E-state index in [1.165, 1.54) is 0 Å². The van der Waals surface area contributed by atoms with Crippen molar-refractivity contribution in [2.75, 3.05) is 6.54 Å². The van der Waals surface area contributed by atoms with Crippen LogP contribution in [0.25, 0.3) is 0 Å². The van der Waals surface area contributed by atoms with Gasteiger partial charge in [-0.05, 0) is 33.3 Å². The third-order valence-corrected chi connectivity index (χ3v) is 2.78. The van der Waals surface area contributed by atoms with E-state index in [0.29, 0.717) is 0 Å². The van der Waals surface area contributed by atoms with Gasteiger partial charge in [0.05, 0.1) is 6.10 Å². The Bertz CT molecular complexity index is 497. The first-order valence-corrected chi connectivity index (χ1v) is 7.19. The second-order valence-corrected chi connectivity index (χ2v) is 6.04. The van der Waals surface area contributed by atoms with Crippen molar-refractivity contribution in [1.29, 1.82) is 0 Å². The lowest BCUT2D eigenvalue weighted by Gasteiger charge is -2.22. The predicted molar refractivity (Wildman–Crippen MR) is 83.2 cm³/mol. The van der Waals surface area contributed by atoms with Gasteiger partial charge in [0.15, 0.2) is 0 Å². The molecule has 0 spiro atoms. The lowest BCUT2D eigenvalue weighted by Crippen LogP contribution is -2.47. The number of aliphatic hydroxyl groups excluding tert-OH is 1. The summed E-state index contributed by atoms with van der Waals surface area (Å²) >= 11 is 0. The summed E-state index contributed by atoms with van der Waals surface area (Å²) in [5.41, 5.74) is 0.0969. The van der Waals surface area contributed by atoms with E-state index in [9.17, 15) is 14.7 Å². The standard InChI is InChI=1S/C16H24N2O4/c1-11(18-15(21)22-16(2,3)4)14(20)17-10-13(19)12-8-6-5-7-9-12/h5-9,11,13,19H,10H2,1-4H3,(H,17,20)(H,18,21)/t11-,13-/m0/s1. The Hall–Kier alpha value is -2.08. The normalized spacial score (nSPS) is 13.9. The van der Waals surface area contributed by atoms with Crippen LogP contribution in [0.3, 0.4) is 0 Å². The Morgan fingerprint density at radius 1 is 1.23 bits per heavy atom. The third kappa shape index (κ3) is 6.58. The van der Waals surface area contributed by atoms with Crippen molar-refractivity contribution in [3.63, 3.8) is 0 Å². The van der Waals surface area contributed by atoms with Gasteiger partial charge in [-0.25, -0.2) is 4.79 Å². The highest BCUT2D eigenvalue weighted by atomic mass is 16.6. The zero-order valence-corrected chi connectivity index (χ0v) is 13.4. The minimum atomic E-state index is -0.793. The second kappa shape index (κ2) is 7.79. The first-order chi connectivity index (χ1) is 10.2. The van der Waals surface area contributed by atoms with Crippen LogP contribution >= 0.6 is 0 Å². The summed E-state index contributed by atoms with van der Waals surface area (Å²) < 4.78 is 5.07. The van der Waals surface area contributed by atoms with Gasteiger partial charge in [-0.3, -0.25) is 4.79 Å². The third-order valence-electron chi connectivity index (χ3n) is 2.78. The molecule has 0 aromatic heterocycles. The van der Waals surface area contributed by atoms with Crippen molar-refractivity contribution < 1.29 is 19.4 Å². The fourth-order valence-electron chi connectivity index (χ4n) is 1.69. The quantitative estimate of drug-likeness (QED) is 0.773. The van der Waals surface area contributed by atoms with Crippen molar-refractivity contribution in [2.45, 2.75) is 45.4 Å². The maximum Gasteiger partial charge on any atom is 0.408 e. The molecule has 122 valence electrons. The number of benzene rings is 1. The van der Waals surface area contributed by atoms with Crippen LogP contribution in [0.5, 0.6) is 0 Å². The molecular formula is C16H24N2O4. The molecule has 0 aliphatic carbocycles. The van der Waals surface area contributed by atoms with Crippen molar-refractivity contribution in [3.05, 3.63) is 35.9 Å². The maximum atomic E-state index is 11.9. The number of hydrogen-bond acceptors (Lipinski definition) is 4. The molecule has 6 nitrogen and oxygen atoms in total. The van der Waals surface area contributed by atoms with Crippen molar-refractivity contribution in [3.8, 4) is 0 Å². The predicted octanol–water partition coefficient (Wildman–Crippen LogP) is 1.75. The topological polar surface area (TPSA) is 87.7 Å². The number of hydrogen-bond donors (Lipinski definition) is 3. The molecule has 2 amide bonds. The average Bonchev–Trinajstić information content (AvgIpc) is 2.43. The Morgan fingerprint density at radius 3 is 2.36 bits per heavy atom. The van der Waals surface area contributed by atoms with Crippen LogP contribution in [0.2, 0.25) is 0 Å². The van der Waals surface area contributed by atoms with Crippen LogP contribution in [0, 0.1) is 0 Å². The lowest BCUT2D eigenvalue weighted by atomic mass is 10.1. The van der Waals surface area contributed by atoms with Crippen LogP contribution in [-0.2, 0) is 9.53 Å². The average molecular weight is 308 g/mol. The van der Waals surface area contributed by atoms with Crippen LogP contribution in [0.1, 0.15) is 39.4 Å². The maximum absolute atomic E-state index is 11.9. The molecular weight excluding hydrogens is 284 g/mol. The molecule has 6 heteroatoms. The summed E-state index contributed by atoms with van der Waals surface area (Å²) in [7, 11) is 0. The number of ether oxygens (including phenoxy) is 1. The number of carbonyl (C=O) groups is 2. The summed E-state index contributed by atoms with van der Waals surface area (Å²) in [5, 5.41) is 15.0. The SMILES string of the molecule is C[C@H](NC(=O)OC(C)(C)C)C(=O)NC[C@H](O)c1ccccc1. The summed E-state index contributed by atoms with van der Waals surface area (Å²) in [6, 6.07) is 8.28. The van der Waals surface area contributed by atoms with Gasteiger partial charge in [-0.1, -0.05) is 30.3 Å². The van der Waals surface area contributed by atoms with Crippen LogP contribution in [0.4, 0.5) is 4.79 Å². The molecule has 1 aromatic rings. The fraction of sp³-hybridized carbons (Fsp3) is 0.500. The van der Waals surface area contributed by atoms with Gasteiger partial charge in [-0.2, -0.15) is 0 Å². The summed E-state index contributed by atoms with van der Waals surface area (Å²) in [6.07, 6.45) is -1.45. The summed E-state index contributed by atoms with van der Waals surface area (Å²) in [5.74, 6) is -0.388. The minimum absolute atomic E-state index is 0.0726. The number of aliphatic hydroxyl groups is 1. The van der Waals surface area contributed by atoms with Gasteiger partial charge < -0.3 is 20.5 Å². The van der Waals surface area contributed by atoms with Gasteiger partial charge in [0.2, 0.25) is 5.91 Å². The highest BCUT2D eigenvalue weighted by Gasteiger charge is 2.21. The summed E-state index contributed by atoms with van der Waals surface area (Å²) in [6.45, 7) is 6.85. The number of amides is 2. The van der Waals surface area contributed by atoms with Crippen molar-refractivity contribution in [2.24, 2.45) is 0 Å². The van der Waals surface area contributed by atoms with Crippen molar-refractivity contribution in [1.82, 2.24) is 10.6 Å². The van der Waals surface area contributed by atoms with E-state index in [1.54, 1.807) is 39.8 Å². The molecule has 3 N–H and O–H groups in total. The Labute approximate surface area is 130 Å². The zero-order chi connectivity index (χ0) is 16.8. The molecule has 0 heterocycles. The van der Waals surface area contributed by atoms with Gasteiger partial charge in [0.1, 0.15) is 11.6 Å². The number of carbonyl (C=O) groups excluding carboxylic acids is 2. The van der Waals surface area contributed by atoms with E-state index in [1.807, 2.05) is 18.2 Å². The molecule has 1 aromatic carbocycles. The molecule has 0 bridgehead atoms. The van der Waals surface area contributed by atoms with E-state index in [-0.39, 0.29) is 12.5 Å². The first-order valence-electron chi connectivity index (χ1n) is 7.19. The highest BCUT2D eigenvalue weighted by Crippen LogP contribution is 2.10. The van der Waals surface area contributed by atoms with Crippen molar-refractivity contribution >= 4 is 12.0 Å². The monoisotopic (exact) mass is 308 g/mol. The molecule has 0 aliphatic heterocycles. The Balaban J connectivity index is 2.40. The molecule has 2 atom stereocenters. The van der Waals surface area contributed by atoms with Crippen LogP contribution in [-0.4, -0.2) is 35.3 Å². The van der Waals surface area contributed by atoms with Gasteiger partial charge in [0, 0.05) is 6.54 Å². The number of alkyl carbamates (subject to hydrolysis) is 1. The molecule has 0 unspecified atom stereocenters. The van der Waals surface area contributed by atoms with E-state index >= 15 is 0 Å². The van der Waals surface area contributed by atoms with E-state index in [4.69, 9.17) is 4.74 Å². The molecule has 0 saturated heterocycles. The zero-order valence-electron chi connectivity index (χ0n) is 13.4. The fourth-order valence-corrected chi connectivity index (χ4v) is 1.69. The van der Waals surface area contributed by atoms with E-state index in [0.717, 1.165) is 5.56 Å². The molecule has 0 fully saturated rings.